The highest BCUT2D eigenvalue weighted by Gasteiger charge is 2.41. The number of hydrogen-bond acceptors (Lipinski definition) is 7. The third-order valence-electron chi connectivity index (χ3n) is 3.14. The summed E-state index contributed by atoms with van der Waals surface area (Å²) in [5.41, 5.74) is 0. The Bertz CT molecular complexity index is 641. The molecule has 134 valence electrons. The third kappa shape index (κ3) is 7.19. The minimum Gasteiger partial charge on any atom is -0.748 e. The minimum absolute atomic E-state index is 0.0504. The summed E-state index contributed by atoms with van der Waals surface area (Å²) in [7, 11) is -10.6. The molecule has 1 heterocycles. The van der Waals surface area contributed by atoms with Crippen LogP contribution in [0.5, 0.6) is 0 Å². The van der Waals surface area contributed by atoms with Gasteiger partial charge in [-0.05, 0) is 12.8 Å². The fourth-order valence-corrected chi connectivity index (χ4v) is 5.08. The zero-order valence-corrected chi connectivity index (χ0v) is 14.5. The lowest BCUT2D eigenvalue weighted by Gasteiger charge is -2.15. The summed E-state index contributed by atoms with van der Waals surface area (Å²) in [5, 5.41) is -1.17. The number of hydrogen-bond donors (Lipinski definition) is 2. The summed E-state index contributed by atoms with van der Waals surface area (Å²) < 4.78 is 54.0. The second-order valence-corrected chi connectivity index (χ2v) is 10.1. The molecule has 23 heavy (non-hydrogen) atoms. The Balaban J connectivity index is 2.53. The average molecular weight is 390 g/mol. The molecule has 1 aliphatic heterocycles. The number of likely N-dealkylation sites (tertiary alicyclic amines) is 1. The van der Waals surface area contributed by atoms with Crippen LogP contribution in [0.15, 0.2) is 0 Å². The van der Waals surface area contributed by atoms with E-state index >= 15 is 0 Å². The van der Waals surface area contributed by atoms with Crippen molar-refractivity contribution < 1.29 is 41.1 Å². The van der Waals surface area contributed by atoms with Gasteiger partial charge in [-0.25, -0.2) is 8.42 Å². The van der Waals surface area contributed by atoms with E-state index in [0.717, 1.165) is 4.90 Å². The van der Waals surface area contributed by atoms with Gasteiger partial charge >= 0.3 is 7.60 Å². The zero-order chi connectivity index (χ0) is 17.8. The van der Waals surface area contributed by atoms with E-state index in [2.05, 4.69) is 0 Å². The molecule has 0 aromatic carbocycles. The Morgan fingerprint density at radius 3 is 2.43 bits per heavy atom. The van der Waals surface area contributed by atoms with Crippen molar-refractivity contribution in [3.05, 3.63) is 0 Å². The Hall–Kier alpha value is -0.650. The van der Waals surface area contributed by atoms with Crippen LogP contribution in [0.25, 0.3) is 0 Å². The first-order valence-electron chi connectivity index (χ1n) is 6.60. The molecule has 2 N–H and O–H groups in total. The van der Waals surface area contributed by atoms with Crippen molar-refractivity contribution in [1.29, 1.82) is 0 Å². The van der Waals surface area contributed by atoms with Crippen LogP contribution in [0, 0.1) is 0 Å². The molecule has 0 aliphatic carbocycles. The van der Waals surface area contributed by atoms with Crippen molar-refractivity contribution in [1.82, 2.24) is 4.90 Å². The fourth-order valence-electron chi connectivity index (χ4n) is 2.01. The van der Waals surface area contributed by atoms with Crippen molar-refractivity contribution in [2.24, 2.45) is 0 Å². The summed E-state index contributed by atoms with van der Waals surface area (Å²) in [6.07, 6.45) is -0.386. The Morgan fingerprint density at radius 1 is 1.30 bits per heavy atom. The lowest BCUT2D eigenvalue weighted by atomic mass is 10.3. The van der Waals surface area contributed by atoms with Crippen LogP contribution < -0.4 is 0 Å². The van der Waals surface area contributed by atoms with Crippen LogP contribution in [0.2, 0.25) is 0 Å². The molecule has 13 heteroatoms. The Labute approximate surface area is 135 Å². The molecule has 2 amide bonds. The van der Waals surface area contributed by atoms with Crippen LogP contribution in [0.4, 0.5) is 0 Å². The molecule has 1 saturated heterocycles. The van der Waals surface area contributed by atoms with E-state index in [-0.39, 0.29) is 32.0 Å². The van der Waals surface area contributed by atoms with Crippen molar-refractivity contribution >= 4 is 40.3 Å². The summed E-state index contributed by atoms with van der Waals surface area (Å²) in [6.45, 7) is -0.0504. The predicted octanol–water partition coefficient (Wildman–Crippen LogP) is -1.63. The van der Waals surface area contributed by atoms with Gasteiger partial charge in [0, 0.05) is 35.0 Å². The molecule has 1 rings (SSSR count). The van der Waals surface area contributed by atoms with E-state index in [1.54, 1.807) is 0 Å². The van der Waals surface area contributed by atoms with Crippen LogP contribution in [-0.2, 0) is 35.1 Å². The SMILES string of the molecule is O=C1CC(S(=O)CCS(=O)(=O)[O-])C(=O)N1CCCCP(=O)(O)O. The molecule has 2 unspecified atom stereocenters. The quantitative estimate of drug-likeness (QED) is 0.203. The number of unbranched alkanes of at least 4 members (excludes halogenated alkanes) is 1. The average Bonchev–Trinajstić information content (AvgIpc) is 2.66. The second-order valence-electron chi connectivity index (χ2n) is 5.02. The molecule has 1 fully saturated rings. The molecule has 0 radical (unpaired) electrons. The van der Waals surface area contributed by atoms with Gasteiger partial charge in [-0.3, -0.25) is 23.3 Å². The van der Waals surface area contributed by atoms with Crippen molar-refractivity contribution in [3.8, 4) is 0 Å². The smallest absolute Gasteiger partial charge is 0.325 e. The predicted molar refractivity (Wildman–Crippen MR) is 78.8 cm³/mol. The largest absolute Gasteiger partial charge is 0.748 e. The highest BCUT2D eigenvalue weighted by atomic mass is 32.2. The van der Waals surface area contributed by atoms with E-state index in [0.29, 0.717) is 0 Å². The number of imide groups is 1. The molecule has 0 aromatic rings. The van der Waals surface area contributed by atoms with Gasteiger partial charge in [0.2, 0.25) is 11.8 Å². The molecule has 0 bridgehead atoms. The molecule has 1 aliphatic rings. The molecular weight excluding hydrogens is 373 g/mol. The molecule has 10 nitrogen and oxygen atoms in total. The maximum absolute atomic E-state index is 12.0. The van der Waals surface area contributed by atoms with Crippen molar-refractivity contribution in [2.75, 3.05) is 24.2 Å². The topological polar surface area (TPSA) is 169 Å². The summed E-state index contributed by atoms with van der Waals surface area (Å²) in [4.78, 5) is 42.0. The summed E-state index contributed by atoms with van der Waals surface area (Å²) in [5.74, 6) is -2.68. The first-order valence-corrected chi connectivity index (χ1v) is 11.4. The standard InChI is InChI=1S/C10H18NO9PS2/c12-9-7-8(22(17)5-6-23(18,19)20)10(13)11(9)3-1-2-4-21(14,15)16/h8H,1-7H2,(H2,14,15,16)(H,18,19,20)/p-1. The fraction of sp³-hybridized carbons (Fsp3) is 0.800. The van der Waals surface area contributed by atoms with Crippen LogP contribution >= 0.6 is 7.60 Å². The second kappa shape index (κ2) is 7.95. The van der Waals surface area contributed by atoms with E-state index in [9.17, 15) is 31.3 Å². The van der Waals surface area contributed by atoms with E-state index in [4.69, 9.17) is 9.79 Å². The van der Waals surface area contributed by atoms with Gasteiger partial charge in [-0.1, -0.05) is 0 Å². The molecule has 0 spiro atoms. The first-order chi connectivity index (χ1) is 10.4. The van der Waals surface area contributed by atoms with E-state index in [1.807, 2.05) is 0 Å². The van der Waals surface area contributed by atoms with Crippen LogP contribution in [0.1, 0.15) is 19.3 Å². The number of carbonyl (C=O) groups is 2. The lowest BCUT2D eigenvalue weighted by Crippen LogP contribution is -2.35. The number of amides is 2. The van der Waals surface area contributed by atoms with Gasteiger partial charge in [0.05, 0.1) is 16.5 Å². The van der Waals surface area contributed by atoms with Gasteiger partial charge in [0.15, 0.2) is 0 Å². The number of carbonyl (C=O) groups excluding carboxylic acids is 2. The molecule has 0 saturated carbocycles. The Morgan fingerprint density at radius 2 is 1.91 bits per heavy atom. The van der Waals surface area contributed by atoms with Gasteiger partial charge in [-0.2, -0.15) is 0 Å². The summed E-state index contributed by atoms with van der Waals surface area (Å²) >= 11 is 0. The van der Waals surface area contributed by atoms with Gasteiger partial charge in [-0.15, -0.1) is 0 Å². The van der Waals surface area contributed by atoms with Gasteiger partial charge < -0.3 is 14.3 Å². The van der Waals surface area contributed by atoms with Gasteiger partial charge in [0.25, 0.3) is 0 Å². The monoisotopic (exact) mass is 390 g/mol. The van der Waals surface area contributed by atoms with Crippen molar-refractivity contribution in [2.45, 2.75) is 24.5 Å². The lowest BCUT2D eigenvalue weighted by molar-refractivity contribution is -0.138. The van der Waals surface area contributed by atoms with Crippen LogP contribution in [-0.4, -0.2) is 73.1 Å². The number of rotatable bonds is 9. The van der Waals surface area contributed by atoms with E-state index in [1.165, 1.54) is 0 Å². The maximum atomic E-state index is 12.0. The zero-order valence-electron chi connectivity index (χ0n) is 12.0. The maximum Gasteiger partial charge on any atom is 0.325 e. The summed E-state index contributed by atoms with van der Waals surface area (Å²) in [6, 6.07) is 0. The van der Waals surface area contributed by atoms with Crippen molar-refractivity contribution in [3.63, 3.8) is 0 Å². The van der Waals surface area contributed by atoms with E-state index < -0.39 is 57.1 Å². The number of nitrogens with zero attached hydrogens (tertiary/aromatic N) is 1. The normalized spacial score (nSPS) is 21.0. The Kier molecular flexibility index (Phi) is 7.05. The van der Waals surface area contributed by atoms with Crippen LogP contribution in [0.3, 0.4) is 0 Å². The molecular formula is C10H17NO9PS2-. The highest BCUT2D eigenvalue weighted by molar-refractivity contribution is 7.89. The van der Waals surface area contributed by atoms with Gasteiger partial charge in [0.1, 0.15) is 5.25 Å². The highest BCUT2D eigenvalue weighted by Crippen LogP contribution is 2.35. The molecule has 0 aromatic heterocycles. The molecule has 2 atom stereocenters. The minimum atomic E-state index is -4.55. The first kappa shape index (κ1) is 20.4. The third-order valence-corrected chi connectivity index (χ3v) is 6.61.